The fourth-order valence-electron chi connectivity index (χ4n) is 4.07. The number of amides is 1. The third-order valence-electron chi connectivity index (χ3n) is 5.92. The number of para-hydroxylation sites is 1. The summed E-state index contributed by atoms with van der Waals surface area (Å²) in [5, 5.41) is 0.555. The van der Waals surface area contributed by atoms with Gasteiger partial charge in [-0.05, 0) is 49.2 Å². The summed E-state index contributed by atoms with van der Waals surface area (Å²) in [6.07, 6.45) is 1.76. The van der Waals surface area contributed by atoms with Crippen LogP contribution in [0.15, 0.2) is 47.4 Å². The number of carbonyl (C=O) groups is 1. The molecule has 1 aromatic heterocycles. The van der Waals surface area contributed by atoms with E-state index in [-0.39, 0.29) is 16.9 Å². The van der Waals surface area contributed by atoms with Crippen LogP contribution in [0.25, 0.3) is 10.2 Å². The highest BCUT2D eigenvalue weighted by molar-refractivity contribution is 7.89. The molecule has 0 radical (unpaired) electrons. The van der Waals surface area contributed by atoms with Gasteiger partial charge in [0.15, 0.2) is 5.13 Å². The molecular formula is C24H29N3O5S2. The number of hydrogen-bond acceptors (Lipinski definition) is 7. The van der Waals surface area contributed by atoms with E-state index in [1.165, 1.54) is 27.8 Å². The van der Waals surface area contributed by atoms with Crippen LogP contribution >= 0.6 is 11.3 Å². The van der Waals surface area contributed by atoms with Crippen molar-refractivity contribution in [3.8, 4) is 5.75 Å². The van der Waals surface area contributed by atoms with E-state index in [1.807, 2.05) is 18.2 Å². The average molecular weight is 504 g/mol. The molecule has 1 aliphatic heterocycles. The van der Waals surface area contributed by atoms with Gasteiger partial charge >= 0.3 is 0 Å². The van der Waals surface area contributed by atoms with Crippen LogP contribution in [0.1, 0.15) is 37.0 Å². The molecule has 0 bridgehead atoms. The Labute approximate surface area is 204 Å². The second kappa shape index (κ2) is 10.4. The van der Waals surface area contributed by atoms with Gasteiger partial charge in [0.1, 0.15) is 11.3 Å². The Morgan fingerprint density at radius 2 is 1.91 bits per heavy atom. The number of sulfonamides is 1. The van der Waals surface area contributed by atoms with Crippen molar-refractivity contribution >= 4 is 42.6 Å². The Morgan fingerprint density at radius 3 is 2.53 bits per heavy atom. The first kappa shape index (κ1) is 24.6. The Balaban J connectivity index is 1.67. The van der Waals surface area contributed by atoms with Crippen LogP contribution in [0.4, 0.5) is 5.13 Å². The molecule has 1 atom stereocenters. The molecule has 1 saturated heterocycles. The van der Waals surface area contributed by atoms with Crippen molar-refractivity contribution in [1.29, 1.82) is 0 Å². The Kier molecular flexibility index (Phi) is 7.51. The summed E-state index contributed by atoms with van der Waals surface area (Å²) < 4.78 is 39.2. The summed E-state index contributed by atoms with van der Waals surface area (Å²) in [6, 6.07) is 11.8. The van der Waals surface area contributed by atoms with E-state index < -0.39 is 10.0 Å². The lowest BCUT2D eigenvalue weighted by atomic mass is 10.2. The van der Waals surface area contributed by atoms with E-state index in [9.17, 15) is 13.2 Å². The van der Waals surface area contributed by atoms with Gasteiger partial charge in [-0.25, -0.2) is 13.4 Å². The zero-order valence-electron chi connectivity index (χ0n) is 19.6. The maximum absolute atomic E-state index is 13.6. The number of thiazole rings is 1. The molecule has 2 heterocycles. The van der Waals surface area contributed by atoms with Crippen LogP contribution in [0.3, 0.4) is 0 Å². The molecule has 0 saturated carbocycles. The van der Waals surface area contributed by atoms with Crippen LogP contribution in [-0.2, 0) is 14.8 Å². The highest BCUT2D eigenvalue weighted by Crippen LogP contribution is 2.35. The van der Waals surface area contributed by atoms with Gasteiger partial charge in [0.25, 0.3) is 5.91 Å². The number of anilines is 1. The molecule has 182 valence electrons. The smallest absolute Gasteiger partial charge is 0.260 e. The lowest BCUT2D eigenvalue weighted by Crippen LogP contribution is -2.37. The average Bonchev–Trinajstić information content (AvgIpc) is 3.52. The maximum atomic E-state index is 13.6. The topological polar surface area (TPSA) is 89.0 Å². The van der Waals surface area contributed by atoms with Gasteiger partial charge < -0.3 is 9.47 Å². The number of hydrogen-bond donors (Lipinski definition) is 0. The zero-order valence-corrected chi connectivity index (χ0v) is 21.2. The molecule has 3 aromatic rings. The summed E-state index contributed by atoms with van der Waals surface area (Å²) in [6.45, 7) is 5.42. The van der Waals surface area contributed by atoms with Crippen molar-refractivity contribution in [2.75, 3.05) is 38.3 Å². The molecule has 0 spiro atoms. The third-order valence-corrected chi connectivity index (χ3v) is 9.03. The molecule has 2 aromatic carbocycles. The second-order valence-electron chi connectivity index (χ2n) is 7.97. The maximum Gasteiger partial charge on any atom is 0.260 e. The normalized spacial score (nSPS) is 16.3. The molecule has 0 aliphatic carbocycles. The first-order valence-electron chi connectivity index (χ1n) is 11.4. The minimum Gasteiger partial charge on any atom is -0.494 e. The van der Waals surface area contributed by atoms with Crippen molar-refractivity contribution < 1.29 is 22.7 Å². The molecule has 1 unspecified atom stereocenters. The molecule has 10 heteroatoms. The Morgan fingerprint density at radius 1 is 1.18 bits per heavy atom. The lowest BCUT2D eigenvalue weighted by molar-refractivity contribution is 0.0917. The number of fused-ring (bicyclic) bond motifs is 1. The fourth-order valence-corrected chi connectivity index (χ4v) is 6.52. The number of nitrogens with zero attached hydrogens (tertiary/aromatic N) is 3. The van der Waals surface area contributed by atoms with Gasteiger partial charge in [-0.15, -0.1) is 0 Å². The molecule has 8 nitrogen and oxygen atoms in total. The van der Waals surface area contributed by atoms with Crippen LogP contribution in [0.2, 0.25) is 0 Å². The largest absolute Gasteiger partial charge is 0.494 e. The molecule has 4 rings (SSSR count). The molecule has 34 heavy (non-hydrogen) atoms. The van der Waals surface area contributed by atoms with Gasteiger partial charge in [0.2, 0.25) is 10.0 Å². The standard InChI is InChI=1S/C24H29N3O5S2/c1-4-26(5-2)34(29,30)19-13-11-17(12-14-19)23(28)27(16-18-8-7-15-32-18)24-25-22-20(31-3)9-6-10-21(22)33-24/h6,9-14,18H,4-5,7-8,15-16H2,1-3H3. The summed E-state index contributed by atoms with van der Waals surface area (Å²) >= 11 is 1.41. The van der Waals surface area contributed by atoms with Gasteiger partial charge in [-0.1, -0.05) is 31.3 Å². The first-order valence-corrected chi connectivity index (χ1v) is 13.6. The first-order chi connectivity index (χ1) is 16.4. The monoisotopic (exact) mass is 503 g/mol. The molecular weight excluding hydrogens is 474 g/mol. The van der Waals surface area contributed by atoms with E-state index >= 15 is 0 Å². The number of aromatic nitrogens is 1. The molecule has 1 amide bonds. The Bertz CT molecular complexity index is 1250. The number of methoxy groups -OCH3 is 1. The SMILES string of the molecule is CCN(CC)S(=O)(=O)c1ccc(C(=O)N(CC2CCCO2)c2nc3c(OC)cccc3s2)cc1. The fraction of sp³-hybridized carbons (Fsp3) is 0.417. The number of rotatable bonds is 9. The lowest BCUT2D eigenvalue weighted by Gasteiger charge is -2.23. The number of ether oxygens (including phenoxy) is 2. The van der Waals surface area contributed by atoms with Crippen LogP contribution < -0.4 is 9.64 Å². The third kappa shape index (κ3) is 4.81. The minimum atomic E-state index is -3.60. The second-order valence-corrected chi connectivity index (χ2v) is 10.9. The summed E-state index contributed by atoms with van der Waals surface area (Å²) in [5.41, 5.74) is 1.10. The van der Waals surface area contributed by atoms with E-state index in [4.69, 9.17) is 14.5 Å². The van der Waals surface area contributed by atoms with E-state index in [1.54, 1.807) is 38.0 Å². The number of carbonyl (C=O) groups excluding carboxylic acids is 1. The molecule has 1 fully saturated rings. The quantitative estimate of drug-likeness (QED) is 0.436. The van der Waals surface area contributed by atoms with Crippen molar-refractivity contribution in [3.63, 3.8) is 0 Å². The van der Waals surface area contributed by atoms with E-state index in [0.29, 0.717) is 48.2 Å². The van der Waals surface area contributed by atoms with E-state index in [0.717, 1.165) is 17.5 Å². The summed E-state index contributed by atoms with van der Waals surface area (Å²) in [4.78, 5) is 20.1. The summed E-state index contributed by atoms with van der Waals surface area (Å²) in [7, 11) is -2.00. The summed E-state index contributed by atoms with van der Waals surface area (Å²) in [5.74, 6) is 0.399. The van der Waals surface area contributed by atoms with Gasteiger partial charge in [0, 0.05) is 25.3 Å². The highest BCUT2D eigenvalue weighted by Gasteiger charge is 2.28. The van der Waals surface area contributed by atoms with Crippen LogP contribution in [-0.4, -0.2) is 63.1 Å². The number of benzene rings is 2. The van der Waals surface area contributed by atoms with Crippen molar-refractivity contribution in [2.45, 2.75) is 37.7 Å². The minimum absolute atomic E-state index is 0.0693. The van der Waals surface area contributed by atoms with E-state index in [2.05, 4.69) is 0 Å². The van der Waals surface area contributed by atoms with Crippen molar-refractivity contribution in [3.05, 3.63) is 48.0 Å². The van der Waals surface area contributed by atoms with Crippen molar-refractivity contribution in [2.24, 2.45) is 0 Å². The highest BCUT2D eigenvalue weighted by atomic mass is 32.2. The van der Waals surface area contributed by atoms with Crippen LogP contribution in [0.5, 0.6) is 5.75 Å². The zero-order chi connectivity index (χ0) is 24.3. The Hall–Kier alpha value is -2.53. The van der Waals surface area contributed by atoms with Crippen molar-refractivity contribution in [1.82, 2.24) is 9.29 Å². The predicted molar refractivity (Wildman–Crippen MR) is 133 cm³/mol. The van der Waals surface area contributed by atoms with Gasteiger partial charge in [-0.3, -0.25) is 9.69 Å². The van der Waals surface area contributed by atoms with Crippen LogP contribution in [0, 0.1) is 0 Å². The molecule has 1 aliphatic rings. The molecule has 0 N–H and O–H groups in total. The van der Waals surface area contributed by atoms with Gasteiger partial charge in [-0.2, -0.15) is 4.31 Å². The van der Waals surface area contributed by atoms with Gasteiger partial charge in [0.05, 0.1) is 29.4 Å². The predicted octanol–water partition coefficient (Wildman–Crippen LogP) is 4.16.